The van der Waals surface area contributed by atoms with Crippen molar-refractivity contribution in [2.75, 3.05) is 32.1 Å². The predicted molar refractivity (Wildman–Crippen MR) is 108 cm³/mol. The number of fused-ring (bicyclic) bond motifs is 2. The predicted octanol–water partition coefficient (Wildman–Crippen LogP) is 2.36. The first-order valence-electron chi connectivity index (χ1n) is 9.82. The van der Waals surface area contributed by atoms with Gasteiger partial charge in [-0.25, -0.2) is 9.37 Å². The van der Waals surface area contributed by atoms with Crippen LogP contribution in [-0.2, 0) is 6.54 Å². The molecule has 1 aliphatic heterocycles. The molecule has 1 saturated heterocycles. The zero-order chi connectivity index (χ0) is 20.0. The second-order valence-electron chi connectivity index (χ2n) is 7.81. The summed E-state index contributed by atoms with van der Waals surface area (Å²) >= 11 is 0. The molecular weight excluding hydrogens is 371 g/mol. The minimum absolute atomic E-state index is 0.256. The molecular formula is C20H23FN8. The average Bonchev–Trinajstić information content (AvgIpc) is 3.31. The van der Waals surface area contributed by atoms with Crippen molar-refractivity contribution in [2.24, 2.45) is 0 Å². The first-order chi connectivity index (χ1) is 14.1. The van der Waals surface area contributed by atoms with Crippen LogP contribution in [-0.4, -0.2) is 61.3 Å². The van der Waals surface area contributed by atoms with E-state index in [-0.39, 0.29) is 5.82 Å². The molecule has 5 rings (SSSR count). The van der Waals surface area contributed by atoms with Crippen LogP contribution in [0.2, 0.25) is 0 Å². The average molecular weight is 394 g/mol. The highest BCUT2D eigenvalue weighted by atomic mass is 19.1. The molecule has 0 bridgehead atoms. The largest absolute Gasteiger partial charge is 0.361 e. The highest BCUT2D eigenvalue weighted by Crippen LogP contribution is 2.28. The van der Waals surface area contributed by atoms with Crippen molar-refractivity contribution in [3.05, 3.63) is 54.0 Å². The van der Waals surface area contributed by atoms with Crippen molar-refractivity contribution in [3.8, 4) is 0 Å². The molecule has 4 aromatic heterocycles. The van der Waals surface area contributed by atoms with E-state index in [0.717, 1.165) is 61.1 Å². The Hall–Kier alpha value is -3.07. The summed E-state index contributed by atoms with van der Waals surface area (Å²) in [7, 11) is 3.95. The summed E-state index contributed by atoms with van der Waals surface area (Å²) in [4.78, 5) is 8.96. The third-order valence-electron chi connectivity index (χ3n) is 5.53. The van der Waals surface area contributed by atoms with E-state index in [1.165, 1.54) is 12.3 Å². The molecule has 0 aromatic carbocycles. The Morgan fingerprint density at radius 2 is 1.83 bits per heavy atom. The lowest BCUT2D eigenvalue weighted by molar-refractivity contribution is 0.199. The van der Waals surface area contributed by atoms with E-state index < -0.39 is 0 Å². The number of halogens is 1. The molecule has 0 saturated carbocycles. The second-order valence-corrected chi connectivity index (χ2v) is 7.81. The number of imidazole rings is 1. The quantitative estimate of drug-likeness (QED) is 0.529. The van der Waals surface area contributed by atoms with Gasteiger partial charge in [0.1, 0.15) is 17.3 Å². The Morgan fingerprint density at radius 3 is 2.62 bits per heavy atom. The number of piperidine rings is 1. The standard InChI is InChI=1S/C20H23FN8/c1-26(2)19-6-5-18-23-24-20(29(18)25-19)14-7-9-27(10-8-14)12-16-13-28-11-15(21)3-4-17(28)22-16/h3-6,11,13-14H,7-10,12H2,1-2H3. The summed E-state index contributed by atoms with van der Waals surface area (Å²) in [6, 6.07) is 7.06. The van der Waals surface area contributed by atoms with Crippen LogP contribution in [0, 0.1) is 5.82 Å². The third-order valence-corrected chi connectivity index (χ3v) is 5.53. The number of rotatable bonds is 4. The molecule has 29 heavy (non-hydrogen) atoms. The Labute approximate surface area is 167 Å². The molecule has 9 heteroatoms. The monoisotopic (exact) mass is 394 g/mol. The fourth-order valence-electron chi connectivity index (χ4n) is 3.96. The van der Waals surface area contributed by atoms with E-state index in [9.17, 15) is 4.39 Å². The molecule has 0 N–H and O–H groups in total. The Bertz CT molecular complexity index is 1160. The second kappa shape index (κ2) is 7.07. The van der Waals surface area contributed by atoms with Crippen molar-refractivity contribution in [3.63, 3.8) is 0 Å². The van der Waals surface area contributed by atoms with E-state index in [2.05, 4.69) is 25.2 Å². The van der Waals surface area contributed by atoms with Gasteiger partial charge in [-0.3, -0.25) is 4.90 Å². The fraction of sp³-hybridized carbons (Fsp3) is 0.400. The van der Waals surface area contributed by atoms with E-state index in [4.69, 9.17) is 0 Å². The van der Waals surface area contributed by atoms with Crippen LogP contribution in [0.1, 0.15) is 30.3 Å². The topological polar surface area (TPSA) is 66.9 Å². The molecule has 0 spiro atoms. The van der Waals surface area contributed by atoms with Crippen LogP contribution in [0.5, 0.6) is 0 Å². The van der Waals surface area contributed by atoms with Gasteiger partial charge in [-0.05, 0) is 50.2 Å². The van der Waals surface area contributed by atoms with Crippen molar-refractivity contribution < 1.29 is 4.39 Å². The minimum atomic E-state index is -0.256. The molecule has 0 radical (unpaired) electrons. The zero-order valence-electron chi connectivity index (χ0n) is 16.5. The summed E-state index contributed by atoms with van der Waals surface area (Å²) in [6.45, 7) is 2.67. The SMILES string of the molecule is CN(C)c1ccc2nnc(C3CCN(Cc4cn5cc(F)ccc5n4)CC3)n2n1. The van der Waals surface area contributed by atoms with Gasteiger partial charge in [0.05, 0.1) is 5.69 Å². The van der Waals surface area contributed by atoms with Gasteiger partial charge < -0.3 is 9.30 Å². The number of hydrogen-bond acceptors (Lipinski definition) is 6. The normalized spacial score (nSPS) is 16.1. The van der Waals surface area contributed by atoms with Gasteiger partial charge in [-0.2, -0.15) is 4.52 Å². The van der Waals surface area contributed by atoms with Crippen LogP contribution in [0.25, 0.3) is 11.3 Å². The van der Waals surface area contributed by atoms with Crippen molar-refractivity contribution in [2.45, 2.75) is 25.3 Å². The maximum absolute atomic E-state index is 13.4. The van der Waals surface area contributed by atoms with Gasteiger partial charge in [0.25, 0.3) is 0 Å². The van der Waals surface area contributed by atoms with Crippen LogP contribution in [0.3, 0.4) is 0 Å². The van der Waals surface area contributed by atoms with E-state index in [1.807, 2.05) is 41.8 Å². The van der Waals surface area contributed by atoms with E-state index >= 15 is 0 Å². The molecule has 150 valence electrons. The summed E-state index contributed by atoms with van der Waals surface area (Å²) in [5.41, 5.74) is 2.51. The zero-order valence-corrected chi connectivity index (χ0v) is 16.5. The molecule has 0 amide bonds. The first kappa shape index (κ1) is 18.0. The lowest BCUT2D eigenvalue weighted by Crippen LogP contribution is -2.33. The number of likely N-dealkylation sites (tertiary alicyclic amines) is 1. The van der Waals surface area contributed by atoms with Crippen molar-refractivity contribution in [1.82, 2.24) is 34.1 Å². The van der Waals surface area contributed by atoms with Gasteiger partial charge in [-0.15, -0.1) is 15.3 Å². The maximum atomic E-state index is 13.4. The lowest BCUT2D eigenvalue weighted by Gasteiger charge is -2.30. The summed E-state index contributed by atoms with van der Waals surface area (Å²) in [6.07, 6.45) is 5.36. The Morgan fingerprint density at radius 1 is 1.03 bits per heavy atom. The lowest BCUT2D eigenvalue weighted by atomic mass is 9.96. The Balaban J connectivity index is 1.28. The highest BCUT2D eigenvalue weighted by Gasteiger charge is 2.25. The maximum Gasteiger partial charge on any atom is 0.178 e. The number of anilines is 1. The highest BCUT2D eigenvalue weighted by molar-refractivity contribution is 5.45. The van der Waals surface area contributed by atoms with Crippen molar-refractivity contribution >= 4 is 17.1 Å². The molecule has 0 atom stereocenters. The molecule has 0 unspecified atom stereocenters. The fourth-order valence-corrected chi connectivity index (χ4v) is 3.96. The van der Waals surface area contributed by atoms with Gasteiger partial charge in [0.2, 0.25) is 0 Å². The Kier molecular flexibility index (Phi) is 4.39. The van der Waals surface area contributed by atoms with E-state index in [1.54, 1.807) is 10.5 Å². The van der Waals surface area contributed by atoms with E-state index in [0.29, 0.717) is 5.92 Å². The number of pyridine rings is 1. The number of hydrogen-bond donors (Lipinski definition) is 0. The van der Waals surface area contributed by atoms with Gasteiger partial charge >= 0.3 is 0 Å². The summed E-state index contributed by atoms with van der Waals surface area (Å²) in [5.74, 6) is 1.90. The van der Waals surface area contributed by atoms with Crippen LogP contribution in [0.4, 0.5) is 10.2 Å². The molecule has 0 aliphatic carbocycles. The van der Waals surface area contributed by atoms with Gasteiger partial charge in [0.15, 0.2) is 11.5 Å². The summed E-state index contributed by atoms with van der Waals surface area (Å²) < 4.78 is 17.0. The van der Waals surface area contributed by atoms with Gasteiger partial charge in [0, 0.05) is 39.0 Å². The molecule has 5 heterocycles. The molecule has 1 fully saturated rings. The minimum Gasteiger partial charge on any atom is -0.361 e. The molecule has 4 aromatic rings. The number of nitrogens with zero attached hydrogens (tertiary/aromatic N) is 8. The summed E-state index contributed by atoms with van der Waals surface area (Å²) in [5, 5.41) is 13.4. The molecule has 8 nitrogen and oxygen atoms in total. The van der Waals surface area contributed by atoms with Crippen LogP contribution < -0.4 is 4.90 Å². The van der Waals surface area contributed by atoms with Gasteiger partial charge in [-0.1, -0.05) is 0 Å². The van der Waals surface area contributed by atoms with Crippen molar-refractivity contribution in [1.29, 1.82) is 0 Å². The molecule has 1 aliphatic rings. The smallest absolute Gasteiger partial charge is 0.178 e. The first-order valence-corrected chi connectivity index (χ1v) is 9.82. The number of aromatic nitrogens is 6. The third kappa shape index (κ3) is 3.42. The van der Waals surface area contributed by atoms with Crippen LogP contribution >= 0.6 is 0 Å². The van der Waals surface area contributed by atoms with Crippen LogP contribution in [0.15, 0.2) is 36.7 Å².